The fourth-order valence-electron chi connectivity index (χ4n) is 2.33. The lowest BCUT2D eigenvalue weighted by Crippen LogP contribution is -2.18. The van der Waals surface area contributed by atoms with Gasteiger partial charge in [-0.15, -0.1) is 11.8 Å². The predicted octanol–water partition coefficient (Wildman–Crippen LogP) is 4.39. The van der Waals surface area contributed by atoms with Crippen LogP contribution in [0.15, 0.2) is 27.6 Å². The van der Waals surface area contributed by atoms with E-state index >= 15 is 0 Å². The van der Waals surface area contributed by atoms with Crippen molar-refractivity contribution in [2.75, 3.05) is 19.8 Å². The van der Waals surface area contributed by atoms with Crippen molar-refractivity contribution in [1.82, 2.24) is 5.32 Å². The summed E-state index contributed by atoms with van der Waals surface area (Å²) in [5, 5.41) is 4.16. The van der Waals surface area contributed by atoms with Gasteiger partial charge in [0.1, 0.15) is 0 Å². The van der Waals surface area contributed by atoms with E-state index in [0.717, 1.165) is 32.6 Å². The van der Waals surface area contributed by atoms with Crippen molar-refractivity contribution in [3.63, 3.8) is 0 Å². The summed E-state index contributed by atoms with van der Waals surface area (Å²) in [5.41, 5.74) is 1.33. The molecule has 0 radical (unpaired) electrons. The highest BCUT2D eigenvalue weighted by Crippen LogP contribution is 2.33. The second-order valence-corrected chi connectivity index (χ2v) is 7.12. The molecule has 1 unspecified atom stereocenters. The van der Waals surface area contributed by atoms with E-state index in [1.165, 1.54) is 14.9 Å². The van der Waals surface area contributed by atoms with Crippen LogP contribution in [0.25, 0.3) is 0 Å². The summed E-state index contributed by atoms with van der Waals surface area (Å²) in [7, 11) is 0. The molecule has 2 rings (SSSR count). The van der Waals surface area contributed by atoms with Gasteiger partial charge in [0, 0.05) is 33.9 Å². The zero-order valence-corrected chi connectivity index (χ0v) is 14.0. The van der Waals surface area contributed by atoms with Gasteiger partial charge in [0.25, 0.3) is 0 Å². The third kappa shape index (κ3) is 4.48. The lowest BCUT2D eigenvalue weighted by atomic mass is 10.1. The molecular weight excluding hydrogens is 322 g/mol. The summed E-state index contributed by atoms with van der Waals surface area (Å²) in [6, 6.07) is 7.12. The van der Waals surface area contributed by atoms with E-state index in [1.54, 1.807) is 0 Å². The molecule has 1 fully saturated rings. The minimum atomic E-state index is 0.390. The fraction of sp³-hybridized carbons (Fsp3) is 0.600. The number of rotatable bonds is 5. The molecule has 19 heavy (non-hydrogen) atoms. The van der Waals surface area contributed by atoms with Gasteiger partial charge >= 0.3 is 0 Å². The van der Waals surface area contributed by atoms with Crippen LogP contribution in [0.4, 0.5) is 0 Å². The van der Waals surface area contributed by atoms with Gasteiger partial charge in [0.05, 0.1) is 0 Å². The van der Waals surface area contributed by atoms with E-state index in [1.807, 2.05) is 11.8 Å². The minimum absolute atomic E-state index is 0.390. The molecule has 1 N–H and O–H groups in total. The van der Waals surface area contributed by atoms with Crippen molar-refractivity contribution in [2.24, 2.45) is 0 Å². The van der Waals surface area contributed by atoms with Crippen LogP contribution in [0.5, 0.6) is 0 Å². The topological polar surface area (TPSA) is 21.3 Å². The molecule has 1 heterocycles. The lowest BCUT2D eigenvalue weighted by molar-refractivity contribution is 0.100. The van der Waals surface area contributed by atoms with Gasteiger partial charge in [0.2, 0.25) is 0 Å². The Morgan fingerprint density at radius 2 is 2.16 bits per heavy atom. The summed E-state index contributed by atoms with van der Waals surface area (Å²) in [6.45, 7) is 7.16. The number of benzene rings is 1. The third-order valence-electron chi connectivity index (χ3n) is 3.42. The van der Waals surface area contributed by atoms with Crippen LogP contribution in [0.1, 0.15) is 38.3 Å². The first kappa shape index (κ1) is 15.4. The first-order chi connectivity index (χ1) is 9.20. The molecular formula is C15H22BrNOS. The third-order valence-corrected chi connectivity index (χ3v) is 5.44. The van der Waals surface area contributed by atoms with Crippen LogP contribution in [-0.2, 0) is 4.74 Å². The van der Waals surface area contributed by atoms with Gasteiger partial charge in [-0.1, -0.05) is 28.9 Å². The van der Waals surface area contributed by atoms with E-state index in [9.17, 15) is 0 Å². The van der Waals surface area contributed by atoms with E-state index in [0.29, 0.717) is 11.3 Å². The fourth-order valence-corrected chi connectivity index (χ4v) is 4.35. The van der Waals surface area contributed by atoms with E-state index in [4.69, 9.17) is 4.74 Å². The lowest BCUT2D eigenvalue weighted by Gasteiger charge is -2.22. The Morgan fingerprint density at radius 1 is 1.42 bits per heavy atom. The van der Waals surface area contributed by atoms with Crippen LogP contribution in [0.2, 0.25) is 0 Å². The molecule has 1 aliphatic rings. The summed E-state index contributed by atoms with van der Waals surface area (Å²) in [4.78, 5) is 1.35. The van der Waals surface area contributed by atoms with Crippen molar-refractivity contribution in [1.29, 1.82) is 0 Å². The van der Waals surface area contributed by atoms with Crippen molar-refractivity contribution < 1.29 is 4.74 Å². The Morgan fingerprint density at radius 3 is 2.79 bits per heavy atom. The van der Waals surface area contributed by atoms with Crippen molar-refractivity contribution in [2.45, 2.75) is 42.9 Å². The molecule has 1 atom stereocenters. The Bertz CT molecular complexity index is 407. The molecule has 0 amide bonds. The number of hydrogen-bond donors (Lipinski definition) is 1. The van der Waals surface area contributed by atoms with Crippen LogP contribution in [0, 0.1) is 0 Å². The van der Waals surface area contributed by atoms with Crippen LogP contribution >= 0.6 is 27.7 Å². The number of ether oxygens (including phenoxy) is 1. The first-order valence-electron chi connectivity index (χ1n) is 6.98. The molecule has 1 saturated heterocycles. The largest absolute Gasteiger partial charge is 0.381 e. The number of hydrogen-bond acceptors (Lipinski definition) is 3. The summed E-state index contributed by atoms with van der Waals surface area (Å²) < 4.78 is 6.61. The number of nitrogens with one attached hydrogen (secondary N) is 1. The second-order valence-electron chi connectivity index (χ2n) is 4.89. The first-order valence-corrected chi connectivity index (χ1v) is 8.65. The minimum Gasteiger partial charge on any atom is -0.381 e. The van der Waals surface area contributed by atoms with Crippen molar-refractivity contribution >= 4 is 27.7 Å². The molecule has 1 aromatic carbocycles. The molecule has 2 nitrogen and oxygen atoms in total. The molecule has 0 bridgehead atoms. The highest BCUT2D eigenvalue weighted by molar-refractivity contribution is 9.10. The summed E-state index contributed by atoms with van der Waals surface area (Å²) in [6.07, 6.45) is 2.33. The van der Waals surface area contributed by atoms with Gasteiger partial charge in [-0.05, 0) is 44.0 Å². The second kappa shape index (κ2) is 7.67. The Labute approximate surface area is 128 Å². The summed E-state index contributed by atoms with van der Waals surface area (Å²) in [5.74, 6) is 0. The average Bonchev–Trinajstić information content (AvgIpc) is 2.40. The molecule has 4 heteroatoms. The molecule has 106 valence electrons. The van der Waals surface area contributed by atoms with E-state index in [-0.39, 0.29) is 0 Å². The van der Waals surface area contributed by atoms with Crippen molar-refractivity contribution in [3.8, 4) is 0 Å². The van der Waals surface area contributed by atoms with Gasteiger partial charge < -0.3 is 10.1 Å². The zero-order valence-electron chi connectivity index (χ0n) is 11.6. The van der Waals surface area contributed by atoms with E-state index < -0.39 is 0 Å². The number of halogens is 1. The summed E-state index contributed by atoms with van der Waals surface area (Å²) >= 11 is 5.69. The van der Waals surface area contributed by atoms with Gasteiger partial charge in [-0.25, -0.2) is 0 Å². The smallest absolute Gasteiger partial charge is 0.0476 e. The highest BCUT2D eigenvalue weighted by atomic mass is 79.9. The van der Waals surface area contributed by atoms with Gasteiger partial charge in [-0.3, -0.25) is 0 Å². The maximum Gasteiger partial charge on any atom is 0.0476 e. The monoisotopic (exact) mass is 343 g/mol. The highest BCUT2D eigenvalue weighted by Gasteiger charge is 2.16. The molecule has 0 spiro atoms. The van der Waals surface area contributed by atoms with E-state index in [2.05, 4.69) is 53.3 Å². The Kier molecular flexibility index (Phi) is 6.20. The van der Waals surface area contributed by atoms with Crippen LogP contribution in [-0.4, -0.2) is 25.0 Å². The average molecular weight is 344 g/mol. The maximum atomic E-state index is 5.41. The Hall–Kier alpha value is -0.0300. The molecule has 1 aromatic rings. The quantitative estimate of drug-likeness (QED) is 0.856. The molecule has 0 aromatic heterocycles. The predicted molar refractivity (Wildman–Crippen MR) is 85.9 cm³/mol. The standard InChI is InChI=1S/C15H22BrNOS/c1-3-17-11(2)14-5-4-13(10-15(14)16)19-12-6-8-18-9-7-12/h4-5,10-12,17H,3,6-9H2,1-2H3. The van der Waals surface area contributed by atoms with Gasteiger partial charge in [-0.2, -0.15) is 0 Å². The zero-order chi connectivity index (χ0) is 13.7. The number of thioether (sulfide) groups is 1. The Balaban J connectivity index is 2.01. The molecule has 0 aliphatic carbocycles. The maximum absolute atomic E-state index is 5.41. The SMILES string of the molecule is CCNC(C)c1ccc(SC2CCOCC2)cc1Br. The van der Waals surface area contributed by atoms with Crippen LogP contribution in [0.3, 0.4) is 0 Å². The van der Waals surface area contributed by atoms with Crippen molar-refractivity contribution in [3.05, 3.63) is 28.2 Å². The van der Waals surface area contributed by atoms with Gasteiger partial charge in [0.15, 0.2) is 0 Å². The van der Waals surface area contributed by atoms with Crippen LogP contribution < -0.4 is 5.32 Å². The molecule has 0 saturated carbocycles. The normalized spacial score (nSPS) is 18.5. The molecule has 1 aliphatic heterocycles.